The van der Waals surface area contributed by atoms with Crippen molar-refractivity contribution in [2.24, 2.45) is 7.05 Å². The Balaban J connectivity index is 2.24. The Kier molecular flexibility index (Phi) is 8.52. The van der Waals surface area contributed by atoms with E-state index in [-0.39, 0.29) is 22.5 Å². The molecule has 172 valence electrons. The van der Waals surface area contributed by atoms with E-state index in [1.54, 1.807) is 20.9 Å². The number of carbonyl (C=O) groups is 1. The molecule has 0 fully saturated rings. The lowest BCUT2D eigenvalue weighted by molar-refractivity contribution is 0.0931. The van der Waals surface area contributed by atoms with Crippen LogP contribution in [0.2, 0.25) is 0 Å². The summed E-state index contributed by atoms with van der Waals surface area (Å²) in [5.41, 5.74) is 1.12. The molecule has 1 unspecified atom stereocenters. The molecule has 0 bridgehead atoms. The van der Waals surface area contributed by atoms with Crippen molar-refractivity contribution in [3.05, 3.63) is 41.7 Å². The second-order valence-corrected chi connectivity index (χ2v) is 8.97. The lowest BCUT2D eigenvalue weighted by Gasteiger charge is -2.18. The zero-order chi connectivity index (χ0) is 23.2. The van der Waals surface area contributed by atoms with Gasteiger partial charge in [0.05, 0.1) is 19.3 Å². The first-order valence-electron chi connectivity index (χ1n) is 10.6. The average Bonchev–Trinajstić information content (AvgIpc) is 3.13. The van der Waals surface area contributed by atoms with Crippen LogP contribution in [0.1, 0.15) is 56.7 Å². The predicted octanol–water partition coefficient (Wildman–Crippen LogP) is 3.34. The Morgan fingerprint density at radius 3 is 2.26 bits per heavy atom. The molecule has 1 aromatic carbocycles. The van der Waals surface area contributed by atoms with Gasteiger partial charge in [-0.05, 0) is 44.5 Å². The van der Waals surface area contributed by atoms with Gasteiger partial charge in [-0.15, -0.1) is 0 Å². The first-order chi connectivity index (χ1) is 14.7. The molecular formula is C22H33N3O5S. The molecule has 1 heterocycles. The minimum absolute atomic E-state index is 0.108. The Hall–Kier alpha value is -2.52. The summed E-state index contributed by atoms with van der Waals surface area (Å²) in [6, 6.07) is 6.64. The maximum Gasteiger partial charge on any atom is 0.268 e. The van der Waals surface area contributed by atoms with Crippen molar-refractivity contribution in [1.29, 1.82) is 0 Å². The lowest BCUT2D eigenvalue weighted by Crippen LogP contribution is -2.30. The predicted molar refractivity (Wildman–Crippen MR) is 120 cm³/mol. The van der Waals surface area contributed by atoms with Crippen molar-refractivity contribution in [2.75, 3.05) is 26.3 Å². The fraction of sp³-hybridized carbons (Fsp3) is 0.500. The molecule has 2 rings (SSSR count). The number of aryl methyl sites for hydroxylation is 1. The quantitative estimate of drug-likeness (QED) is 0.566. The highest BCUT2D eigenvalue weighted by Crippen LogP contribution is 2.31. The third-order valence-electron chi connectivity index (χ3n) is 4.97. The van der Waals surface area contributed by atoms with Gasteiger partial charge in [0.15, 0.2) is 11.5 Å². The van der Waals surface area contributed by atoms with Crippen molar-refractivity contribution >= 4 is 15.9 Å². The van der Waals surface area contributed by atoms with Crippen LogP contribution in [0.25, 0.3) is 0 Å². The third-order valence-corrected chi connectivity index (χ3v) is 6.99. The Morgan fingerprint density at radius 2 is 1.68 bits per heavy atom. The standard InChI is InChI=1S/C22H33N3O5S/c1-7-25(8-2)31(27,28)18-14-19(24(6)15-18)22(26)23-16(5)17-11-12-20(29-9-3)21(13-17)30-10-4/h11-16H,7-10H2,1-6H3,(H,23,26). The topological polar surface area (TPSA) is 89.9 Å². The van der Waals surface area contributed by atoms with Crippen LogP contribution in [-0.2, 0) is 17.1 Å². The summed E-state index contributed by atoms with van der Waals surface area (Å²) >= 11 is 0. The molecule has 31 heavy (non-hydrogen) atoms. The van der Waals surface area contributed by atoms with E-state index in [9.17, 15) is 13.2 Å². The van der Waals surface area contributed by atoms with E-state index >= 15 is 0 Å². The van der Waals surface area contributed by atoms with E-state index in [0.717, 1.165) is 5.56 Å². The van der Waals surface area contributed by atoms with Crippen molar-refractivity contribution in [3.8, 4) is 11.5 Å². The number of nitrogens with zero attached hydrogens (tertiary/aromatic N) is 2. The first-order valence-corrected chi connectivity index (χ1v) is 12.0. The third kappa shape index (κ3) is 5.59. The zero-order valence-corrected chi connectivity index (χ0v) is 20.0. The minimum atomic E-state index is -3.64. The fourth-order valence-corrected chi connectivity index (χ4v) is 4.83. The Morgan fingerprint density at radius 1 is 1.06 bits per heavy atom. The van der Waals surface area contributed by atoms with Gasteiger partial charge in [-0.2, -0.15) is 4.31 Å². The van der Waals surface area contributed by atoms with E-state index in [1.807, 2.05) is 39.0 Å². The van der Waals surface area contributed by atoms with E-state index in [0.29, 0.717) is 37.8 Å². The van der Waals surface area contributed by atoms with E-state index in [4.69, 9.17) is 9.47 Å². The minimum Gasteiger partial charge on any atom is -0.490 e. The number of sulfonamides is 1. The maximum atomic E-state index is 12.9. The van der Waals surface area contributed by atoms with Crippen molar-refractivity contribution < 1.29 is 22.7 Å². The summed E-state index contributed by atoms with van der Waals surface area (Å²) in [5.74, 6) is 0.914. The molecule has 9 heteroatoms. The van der Waals surface area contributed by atoms with E-state index in [2.05, 4.69) is 5.32 Å². The van der Waals surface area contributed by atoms with Crippen molar-refractivity contribution in [1.82, 2.24) is 14.2 Å². The maximum absolute atomic E-state index is 12.9. The highest BCUT2D eigenvalue weighted by molar-refractivity contribution is 7.89. The average molecular weight is 452 g/mol. The normalized spacial score (nSPS) is 12.6. The first kappa shape index (κ1) is 24.7. The Labute approximate surface area is 185 Å². The summed E-state index contributed by atoms with van der Waals surface area (Å²) in [6.07, 6.45) is 1.47. The molecule has 2 aromatic rings. The molecule has 8 nitrogen and oxygen atoms in total. The van der Waals surface area contributed by atoms with Gasteiger partial charge in [0.2, 0.25) is 10.0 Å². The molecule has 1 amide bonds. The number of aromatic nitrogens is 1. The van der Waals surface area contributed by atoms with Gasteiger partial charge < -0.3 is 19.4 Å². The number of benzene rings is 1. The van der Waals surface area contributed by atoms with Gasteiger partial charge >= 0.3 is 0 Å². The number of hydrogen-bond donors (Lipinski definition) is 1. The summed E-state index contributed by atoms with van der Waals surface area (Å²) in [4.78, 5) is 13.0. The SMILES string of the molecule is CCOc1ccc(C(C)NC(=O)c2cc(S(=O)(=O)N(CC)CC)cn2C)cc1OCC. The molecule has 0 aliphatic rings. The fourth-order valence-electron chi connectivity index (χ4n) is 3.30. The lowest BCUT2D eigenvalue weighted by atomic mass is 10.1. The van der Waals surface area contributed by atoms with Crippen LogP contribution in [0.5, 0.6) is 11.5 Å². The number of ether oxygens (including phenoxy) is 2. The molecule has 0 spiro atoms. The molecule has 1 N–H and O–H groups in total. The summed E-state index contributed by atoms with van der Waals surface area (Å²) in [7, 11) is -1.98. The van der Waals surface area contributed by atoms with Crippen LogP contribution in [0, 0.1) is 0 Å². The van der Waals surface area contributed by atoms with Gasteiger partial charge in [-0.3, -0.25) is 4.79 Å². The zero-order valence-electron chi connectivity index (χ0n) is 19.1. The number of rotatable bonds is 11. The highest BCUT2D eigenvalue weighted by atomic mass is 32.2. The number of hydrogen-bond acceptors (Lipinski definition) is 5. The second-order valence-electron chi connectivity index (χ2n) is 7.03. The largest absolute Gasteiger partial charge is 0.490 e. The van der Waals surface area contributed by atoms with Crippen LogP contribution in [0.15, 0.2) is 35.4 Å². The second kappa shape index (κ2) is 10.7. The summed E-state index contributed by atoms with van der Waals surface area (Å²) in [6.45, 7) is 11.0. The molecule has 0 radical (unpaired) electrons. The Bertz CT molecular complexity index is 997. The molecular weight excluding hydrogens is 418 g/mol. The number of nitrogens with one attached hydrogen (secondary N) is 1. The molecule has 0 aliphatic heterocycles. The van der Waals surface area contributed by atoms with Crippen LogP contribution in [0.3, 0.4) is 0 Å². The number of amides is 1. The molecule has 0 aliphatic carbocycles. The molecule has 1 aromatic heterocycles. The van der Waals surface area contributed by atoms with Crippen molar-refractivity contribution in [2.45, 2.75) is 45.6 Å². The van der Waals surface area contributed by atoms with Gasteiger partial charge in [0, 0.05) is 26.3 Å². The smallest absolute Gasteiger partial charge is 0.268 e. The van der Waals surface area contributed by atoms with E-state index in [1.165, 1.54) is 21.1 Å². The van der Waals surface area contributed by atoms with Gasteiger partial charge in [-0.1, -0.05) is 19.9 Å². The van der Waals surface area contributed by atoms with Crippen molar-refractivity contribution in [3.63, 3.8) is 0 Å². The summed E-state index contributed by atoms with van der Waals surface area (Å²) < 4.78 is 39.7. The van der Waals surface area contributed by atoms with Crippen LogP contribution >= 0.6 is 0 Å². The van der Waals surface area contributed by atoms with Crippen LogP contribution in [0.4, 0.5) is 0 Å². The van der Waals surface area contributed by atoms with Gasteiger partial charge in [-0.25, -0.2) is 8.42 Å². The van der Waals surface area contributed by atoms with Gasteiger partial charge in [0.1, 0.15) is 10.6 Å². The van der Waals surface area contributed by atoms with Crippen LogP contribution < -0.4 is 14.8 Å². The van der Waals surface area contributed by atoms with E-state index < -0.39 is 10.0 Å². The van der Waals surface area contributed by atoms with Crippen LogP contribution in [-0.4, -0.2) is 49.5 Å². The highest BCUT2D eigenvalue weighted by Gasteiger charge is 2.26. The molecule has 1 atom stereocenters. The number of carbonyl (C=O) groups excluding carboxylic acids is 1. The molecule has 0 saturated carbocycles. The summed E-state index contributed by atoms with van der Waals surface area (Å²) in [5, 5.41) is 2.93. The molecule has 0 saturated heterocycles. The monoisotopic (exact) mass is 451 g/mol. The van der Waals surface area contributed by atoms with Gasteiger partial charge in [0.25, 0.3) is 5.91 Å².